The number of nitrogens with zero attached hydrogens (tertiary/aromatic N) is 4. The minimum atomic E-state index is -0.524. The Balaban J connectivity index is 1.78. The second kappa shape index (κ2) is 8.25. The van der Waals surface area contributed by atoms with E-state index in [0.717, 1.165) is 54.6 Å². The summed E-state index contributed by atoms with van der Waals surface area (Å²) in [4.78, 5) is 6.75. The molecule has 5 heteroatoms. The molecule has 1 unspecified atom stereocenters. The number of hydrogen-bond acceptors (Lipinski definition) is 4. The molecular formula is C23H22N4O. The maximum atomic E-state index is 10.0. The van der Waals surface area contributed by atoms with Gasteiger partial charge in [-0.15, -0.1) is 0 Å². The number of allylic oxidation sites excluding steroid dienone is 4. The summed E-state index contributed by atoms with van der Waals surface area (Å²) in [5.74, 6) is -0.524. The van der Waals surface area contributed by atoms with Gasteiger partial charge in [-0.25, -0.2) is 4.99 Å². The van der Waals surface area contributed by atoms with Crippen molar-refractivity contribution >= 4 is 12.4 Å². The molecule has 0 spiro atoms. The molecular weight excluding hydrogens is 348 g/mol. The predicted octanol–water partition coefficient (Wildman–Crippen LogP) is 3.84. The van der Waals surface area contributed by atoms with E-state index in [-0.39, 0.29) is 0 Å². The second-order valence-corrected chi connectivity index (χ2v) is 7.15. The third kappa shape index (κ3) is 3.50. The maximum absolute atomic E-state index is 10.0. The Morgan fingerprint density at radius 3 is 2.54 bits per heavy atom. The highest BCUT2D eigenvalue weighted by atomic mass is 16.5. The van der Waals surface area contributed by atoms with Gasteiger partial charge in [0.05, 0.1) is 36.9 Å². The highest BCUT2D eigenvalue weighted by molar-refractivity contribution is 5.71. The van der Waals surface area contributed by atoms with E-state index in [2.05, 4.69) is 28.1 Å². The molecule has 3 aliphatic rings. The van der Waals surface area contributed by atoms with Crippen LogP contribution in [0.5, 0.6) is 0 Å². The van der Waals surface area contributed by atoms with Gasteiger partial charge in [0, 0.05) is 13.1 Å². The number of morpholine rings is 1. The summed E-state index contributed by atoms with van der Waals surface area (Å²) in [5.41, 5.74) is 5.47. The van der Waals surface area contributed by atoms with Crippen molar-refractivity contribution in [2.75, 3.05) is 26.3 Å². The van der Waals surface area contributed by atoms with Gasteiger partial charge in [-0.3, -0.25) is 0 Å². The van der Waals surface area contributed by atoms with Gasteiger partial charge in [0.15, 0.2) is 0 Å². The van der Waals surface area contributed by atoms with Crippen molar-refractivity contribution in [3.05, 3.63) is 63.9 Å². The molecule has 1 atom stereocenters. The number of rotatable bonds is 3. The third-order valence-electron chi connectivity index (χ3n) is 5.48. The van der Waals surface area contributed by atoms with Gasteiger partial charge in [-0.2, -0.15) is 10.5 Å². The van der Waals surface area contributed by atoms with E-state index in [1.165, 1.54) is 0 Å². The zero-order valence-electron chi connectivity index (χ0n) is 15.8. The zero-order valence-corrected chi connectivity index (χ0v) is 15.8. The quantitative estimate of drug-likeness (QED) is 0.598. The van der Waals surface area contributed by atoms with Gasteiger partial charge < -0.3 is 9.64 Å². The van der Waals surface area contributed by atoms with E-state index in [1.54, 1.807) is 6.34 Å². The molecule has 140 valence electrons. The van der Waals surface area contributed by atoms with Crippen LogP contribution >= 0.6 is 0 Å². The Morgan fingerprint density at radius 1 is 1.07 bits per heavy atom. The molecule has 1 fully saturated rings. The molecule has 0 aromatic heterocycles. The lowest BCUT2D eigenvalue weighted by Crippen LogP contribution is -2.35. The molecule has 0 saturated carbocycles. The number of aliphatic imine (C=N–C) groups is 1. The Bertz CT molecular complexity index is 951. The summed E-state index contributed by atoms with van der Waals surface area (Å²) in [6.07, 6.45) is 6.67. The van der Waals surface area contributed by atoms with Crippen LogP contribution in [0.3, 0.4) is 0 Å². The fourth-order valence-corrected chi connectivity index (χ4v) is 4.09. The van der Waals surface area contributed by atoms with Crippen molar-refractivity contribution in [1.29, 1.82) is 10.5 Å². The van der Waals surface area contributed by atoms with E-state index in [4.69, 9.17) is 4.74 Å². The topological polar surface area (TPSA) is 72.4 Å². The van der Waals surface area contributed by atoms with Crippen LogP contribution in [-0.4, -0.2) is 37.5 Å². The van der Waals surface area contributed by atoms with Gasteiger partial charge in [-0.05, 0) is 47.6 Å². The fourth-order valence-electron chi connectivity index (χ4n) is 4.09. The van der Waals surface area contributed by atoms with Crippen LogP contribution in [0.25, 0.3) is 6.08 Å². The molecule has 0 N–H and O–H groups in total. The van der Waals surface area contributed by atoms with E-state index in [1.807, 2.05) is 30.3 Å². The molecule has 4 rings (SSSR count). The molecule has 1 aliphatic heterocycles. The highest BCUT2D eigenvalue weighted by Gasteiger charge is 2.35. The van der Waals surface area contributed by atoms with Crippen molar-refractivity contribution in [2.24, 2.45) is 10.9 Å². The van der Waals surface area contributed by atoms with Crippen molar-refractivity contribution in [1.82, 2.24) is 4.90 Å². The van der Waals surface area contributed by atoms with Crippen molar-refractivity contribution in [3.63, 3.8) is 0 Å². The lowest BCUT2D eigenvalue weighted by Gasteiger charge is -2.27. The molecule has 0 bridgehead atoms. The first-order valence-corrected chi connectivity index (χ1v) is 9.71. The SMILES string of the molecule is N#CC1=C(N=CN2CCOCC2)C(C#N)C(=Cc2ccccc2)C2=C1CCC2. The number of ether oxygens (including phenoxy) is 1. The molecule has 5 nitrogen and oxygen atoms in total. The minimum absolute atomic E-state index is 0.524. The lowest BCUT2D eigenvalue weighted by atomic mass is 9.79. The van der Waals surface area contributed by atoms with Crippen LogP contribution in [0, 0.1) is 28.6 Å². The average Bonchev–Trinajstić information content (AvgIpc) is 3.23. The van der Waals surface area contributed by atoms with E-state index in [0.29, 0.717) is 24.5 Å². The van der Waals surface area contributed by atoms with Gasteiger partial charge in [0.25, 0.3) is 0 Å². The summed E-state index contributed by atoms with van der Waals surface area (Å²) in [7, 11) is 0. The van der Waals surface area contributed by atoms with Crippen LogP contribution in [0.2, 0.25) is 0 Å². The predicted molar refractivity (Wildman–Crippen MR) is 108 cm³/mol. The molecule has 2 aliphatic carbocycles. The van der Waals surface area contributed by atoms with Gasteiger partial charge in [-0.1, -0.05) is 30.3 Å². The van der Waals surface area contributed by atoms with Crippen molar-refractivity contribution in [2.45, 2.75) is 19.3 Å². The number of benzene rings is 1. The normalized spacial score (nSPS) is 23.9. The van der Waals surface area contributed by atoms with Gasteiger partial charge in [0.1, 0.15) is 12.0 Å². The fraction of sp³-hybridized carbons (Fsp3) is 0.348. The summed E-state index contributed by atoms with van der Waals surface area (Å²) in [6, 6.07) is 14.8. The zero-order chi connectivity index (χ0) is 19.3. The largest absolute Gasteiger partial charge is 0.378 e. The lowest BCUT2D eigenvalue weighted by molar-refractivity contribution is 0.0700. The number of nitriles is 2. The average molecular weight is 370 g/mol. The molecule has 0 radical (unpaired) electrons. The van der Waals surface area contributed by atoms with E-state index >= 15 is 0 Å². The highest BCUT2D eigenvalue weighted by Crippen LogP contribution is 2.46. The first-order chi connectivity index (χ1) is 13.8. The van der Waals surface area contributed by atoms with Crippen molar-refractivity contribution in [3.8, 4) is 12.1 Å². The molecule has 0 amide bonds. The van der Waals surface area contributed by atoms with E-state index < -0.39 is 5.92 Å². The van der Waals surface area contributed by atoms with Crippen molar-refractivity contribution < 1.29 is 4.74 Å². The van der Waals surface area contributed by atoms with Crippen LogP contribution in [0.15, 0.2) is 63.3 Å². The monoisotopic (exact) mass is 370 g/mol. The maximum Gasteiger partial charge on any atom is 0.115 e. The van der Waals surface area contributed by atoms with E-state index in [9.17, 15) is 10.5 Å². The first kappa shape index (κ1) is 18.2. The van der Waals surface area contributed by atoms with Gasteiger partial charge >= 0.3 is 0 Å². The molecule has 1 heterocycles. The Morgan fingerprint density at radius 2 is 1.82 bits per heavy atom. The summed E-state index contributed by atoms with van der Waals surface area (Å²) in [6.45, 7) is 2.89. The van der Waals surface area contributed by atoms with Crippen LogP contribution in [0.4, 0.5) is 0 Å². The Hall–Kier alpha value is -3.15. The summed E-state index contributed by atoms with van der Waals surface area (Å²) < 4.78 is 5.38. The summed E-state index contributed by atoms with van der Waals surface area (Å²) >= 11 is 0. The third-order valence-corrected chi connectivity index (χ3v) is 5.48. The minimum Gasteiger partial charge on any atom is -0.378 e. The van der Waals surface area contributed by atoms with Gasteiger partial charge in [0.2, 0.25) is 0 Å². The molecule has 1 aromatic rings. The molecule has 1 aromatic carbocycles. The van der Waals surface area contributed by atoms with Crippen LogP contribution < -0.4 is 0 Å². The second-order valence-electron chi connectivity index (χ2n) is 7.15. The molecule has 28 heavy (non-hydrogen) atoms. The smallest absolute Gasteiger partial charge is 0.115 e. The van der Waals surface area contributed by atoms with Crippen LogP contribution in [0.1, 0.15) is 24.8 Å². The first-order valence-electron chi connectivity index (χ1n) is 9.71. The van der Waals surface area contributed by atoms with Crippen LogP contribution in [-0.2, 0) is 4.74 Å². The number of hydrogen-bond donors (Lipinski definition) is 0. The Kier molecular flexibility index (Phi) is 5.37. The molecule has 1 saturated heterocycles. The summed E-state index contributed by atoms with van der Waals surface area (Å²) in [5, 5.41) is 19.9. The standard InChI is InChI=1S/C23H22N4O/c24-14-21-19-8-4-7-18(19)20(13-17-5-2-1-3-6-17)22(15-25)23(21)26-16-27-9-11-28-12-10-27/h1-3,5-6,13,16,22H,4,7-12H2. The Labute approximate surface area is 165 Å².